The molecule has 0 saturated heterocycles. The molecule has 0 bridgehead atoms. The van der Waals surface area contributed by atoms with Crippen LogP contribution in [0.5, 0.6) is 11.6 Å². The van der Waals surface area contributed by atoms with Gasteiger partial charge in [-0.1, -0.05) is 29.8 Å². The minimum atomic E-state index is -4.62. The molecule has 0 amide bonds. The lowest BCUT2D eigenvalue weighted by Gasteiger charge is -2.25. The number of esters is 2. The first-order valence-corrected chi connectivity index (χ1v) is 9.59. The molecule has 2 aromatic rings. The molecule has 1 aliphatic heterocycles. The number of benzene rings is 1. The predicted octanol–water partition coefficient (Wildman–Crippen LogP) is 5.04. The highest BCUT2D eigenvalue weighted by molar-refractivity contribution is 6.31. The molecule has 0 saturated carbocycles. The zero-order valence-electron chi connectivity index (χ0n) is 17.2. The number of allylic oxidation sites excluding steroid dienone is 2. The average Bonchev–Trinajstić information content (AvgIpc) is 3.02. The molecule has 0 atom stereocenters. The molecule has 0 radical (unpaired) electrons. The van der Waals surface area contributed by atoms with Gasteiger partial charge in [0.05, 0.1) is 31.0 Å². The zero-order chi connectivity index (χ0) is 24.2. The highest BCUT2D eigenvalue weighted by Crippen LogP contribution is 2.39. The number of carbonyl (C=O) groups excluding carboxylic acids is 2. The van der Waals surface area contributed by atoms with Crippen LogP contribution >= 0.6 is 11.6 Å². The van der Waals surface area contributed by atoms with Crippen LogP contribution in [0.15, 0.2) is 72.2 Å². The van der Waals surface area contributed by atoms with Gasteiger partial charge in [0, 0.05) is 12.4 Å². The fourth-order valence-electron chi connectivity index (χ4n) is 2.85. The number of alkyl halides is 3. The minimum absolute atomic E-state index is 0.0869. The summed E-state index contributed by atoms with van der Waals surface area (Å²) >= 11 is 5.96. The number of halogens is 4. The van der Waals surface area contributed by atoms with E-state index >= 15 is 0 Å². The summed E-state index contributed by atoms with van der Waals surface area (Å²) in [4.78, 5) is 29.9. The lowest BCUT2D eigenvalue weighted by atomic mass is 10.1. The van der Waals surface area contributed by atoms with E-state index in [0.29, 0.717) is 12.3 Å². The van der Waals surface area contributed by atoms with Crippen molar-refractivity contribution in [1.82, 2.24) is 4.98 Å². The first-order valence-electron chi connectivity index (χ1n) is 9.22. The van der Waals surface area contributed by atoms with Gasteiger partial charge in [-0.25, -0.2) is 14.6 Å². The normalized spacial score (nSPS) is 13.6. The molecule has 0 unspecified atom stereocenters. The van der Waals surface area contributed by atoms with E-state index in [4.69, 9.17) is 25.8 Å². The summed E-state index contributed by atoms with van der Waals surface area (Å²) in [5.41, 5.74) is -1.04. The SMILES string of the molecule is COC(=O)C1=C(C(=O)OC)N(c2ccccc2Oc2ncc(C(F)(F)F)cc2Cl)C=CC=C1. The second-order valence-electron chi connectivity index (χ2n) is 6.39. The van der Waals surface area contributed by atoms with E-state index in [1.165, 1.54) is 29.3 Å². The van der Waals surface area contributed by atoms with Gasteiger partial charge in [-0.2, -0.15) is 13.2 Å². The summed E-state index contributed by atoms with van der Waals surface area (Å²) in [7, 11) is 2.31. The monoisotopic (exact) mass is 480 g/mol. The van der Waals surface area contributed by atoms with Gasteiger partial charge < -0.3 is 19.1 Å². The van der Waals surface area contributed by atoms with Crippen molar-refractivity contribution in [3.05, 3.63) is 82.8 Å². The smallest absolute Gasteiger partial charge is 0.417 e. The first-order chi connectivity index (χ1) is 15.7. The third-order valence-electron chi connectivity index (χ3n) is 4.36. The van der Waals surface area contributed by atoms with E-state index in [9.17, 15) is 22.8 Å². The van der Waals surface area contributed by atoms with Gasteiger partial charge in [0.25, 0.3) is 0 Å². The number of rotatable bonds is 5. The number of pyridine rings is 1. The van der Waals surface area contributed by atoms with Gasteiger partial charge in [-0.15, -0.1) is 0 Å². The zero-order valence-corrected chi connectivity index (χ0v) is 18.0. The first kappa shape index (κ1) is 23.9. The van der Waals surface area contributed by atoms with Gasteiger partial charge >= 0.3 is 18.1 Å². The number of para-hydroxylation sites is 2. The number of anilines is 1. The fraction of sp³-hybridized carbons (Fsp3) is 0.136. The van der Waals surface area contributed by atoms with Crippen LogP contribution in [0, 0.1) is 0 Å². The molecule has 1 aromatic heterocycles. The number of nitrogens with zero attached hydrogens (tertiary/aromatic N) is 2. The molecular weight excluding hydrogens is 465 g/mol. The number of ether oxygens (including phenoxy) is 3. The second-order valence-corrected chi connectivity index (χ2v) is 6.80. The summed E-state index contributed by atoms with van der Waals surface area (Å²) < 4.78 is 54.0. The topological polar surface area (TPSA) is 78.0 Å². The molecule has 1 aliphatic rings. The third kappa shape index (κ3) is 5.17. The largest absolute Gasteiger partial charge is 0.465 e. The highest BCUT2D eigenvalue weighted by atomic mass is 35.5. The molecule has 7 nitrogen and oxygen atoms in total. The van der Waals surface area contributed by atoms with Crippen molar-refractivity contribution in [1.29, 1.82) is 0 Å². The molecular formula is C22H16ClF3N2O5. The molecule has 0 spiro atoms. The Balaban J connectivity index is 2.10. The van der Waals surface area contributed by atoms with Crippen molar-refractivity contribution in [2.75, 3.05) is 19.1 Å². The predicted molar refractivity (Wildman–Crippen MR) is 113 cm³/mol. The molecule has 172 valence electrons. The number of aromatic nitrogens is 1. The van der Waals surface area contributed by atoms with E-state index in [-0.39, 0.29) is 33.6 Å². The van der Waals surface area contributed by atoms with Crippen molar-refractivity contribution in [3.8, 4) is 11.6 Å². The summed E-state index contributed by atoms with van der Waals surface area (Å²) in [6.45, 7) is 0. The fourth-order valence-corrected chi connectivity index (χ4v) is 3.06. The maximum atomic E-state index is 12.9. The molecule has 2 heterocycles. The van der Waals surface area contributed by atoms with Crippen LogP contribution in [0.2, 0.25) is 5.02 Å². The molecule has 33 heavy (non-hydrogen) atoms. The van der Waals surface area contributed by atoms with Crippen molar-refractivity contribution < 1.29 is 37.0 Å². The Morgan fingerprint density at radius 1 is 1.06 bits per heavy atom. The van der Waals surface area contributed by atoms with E-state index in [2.05, 4.69) is 4.98 Å². The molecule has 0 N–H and O–H groups in total. The van der Waals surface area contributed by atoms with Crippen LogP contribution in [0.4, 0.5) is 18.9 Å². The van der Waals surface area contributed by atoms with Crippen molar-refractivity contribution >= 4 is 29.2 Å². The Bertz CT molecular complexity index is 1170. The van der Waals surface area contributed by atoms with Gasteiger partial charge in [0.1, 0.15) is 10.7 Å². The van der Waals surface area contributed by atoms with Crippen LogP contribution in [-0.2, 0) is 25.2 Å². The molecule has 3 rings (SSSR count). The Labute approximate surface area is 191 Å². The maximum absolute atomic E-state index is 12.9. The lowest BCUT2D eigenvalue weighted by molar-refractivity contribution is -0.139. The van der Waals surface area contributed by atoms with Crippen LogP contribution in [0.3, 0.4) is 0 Å². The van der Waals surface area contributed by atoms with Crippen molar-refractivity contribution in [3.63, 3.8) is 0 Å². The second kappa shape index (κ2) is 9.78. The van der Waals surface area contributed by atoms with Crippen LogP contribution in [0.1, 0.15) is 5.56 Å². The van der Waals surface area contributed by atoms with E-state index in [1.54, 1.807) is 24.3 Å². The summed E-state index contributed by atoms with van der Waals surface area (Å²) in [5.74, 6) is -1.83. The third-order valence-corrected chi connectivity index (χ3v) is 4.63. The van der Waals surface area contributed by atoms with Crippen LogP contribution < -0.4 is 9.64 Å². The van der Waals surface area contributed by atoms with Crippen LogP contribution in [0.25, 0.3) is 0 Å². The van der Waals surface area contributed by atoms with Gasteiger partial charge in [0.2, 0.25) is 5.88 Å². The standard InChI is InChI=1S/C22H16ClF3N2O5/c1-31-20(29)14-7-5-6-10-28(18(14)21(30)32-2)16-8-3-4-9-17(16)33-19-15(23)11-13(12-27-19)22(24,25)26/h3-12H,1-2H3. The molecule has 1 aromatic carbocycles. The number of hydrogen-bond acceptors (Lipinski definition) is 7. The van der Waals surface area contributed by atoms with Crippen LogP contribution in [-0.4, -0.2) is 31.1 Å². The van der Waals surface area contributed by atoms with E-state index < -0.39 is 23.7 Å². The molecule has 0 fully saturated rings. The summed E-state index contributed by atoms with van der Waals surface area (Å²) in [6.07, 6.45) is 1.90. The Kier molecular flexibility index (Phi) is 7.07. The highest BCUT2D eigenvalue weighted by Gasteiger charge is 2.32. The van der Waals surface area contributed by atoms with Gasteiger partial charge in [0.15, 0.2) is 5.75 Å². The van der Waals surface area contributed by atoms with Crippen molar-refractivity contribution in [2.24, 2.45) is 0 Å². The quantitative estimate of drug-likeness (QED) is 0.555. The molecule has 11 heteroatoms. The Morgan fingerprint density at radius 2 is 1.76 bits per heavy atom. The molecule has 0 aliphatic carbocycles. The minimum Gasteiger partial charge on any atom is -0.465 e. The summed E-state index contributed by atoms with van der Waals surface area (Å²) in [6, 6.07) is 6.96. The maximum Gasteiger partial charge on any atom is 0.417 e. The average molecular weight is 481 g/mol. The Hall–Kier alpha value is -3.79. The Morgan fingerprint density at radius 3 is 2.39 bits per heavy atom. The van der Waals surface area contributed by atoms with Gasteiger partial charge in [-0.05, 0) is 30.4 Å². The number of hydrogen-bond donors (Lipinski definition) is 0. The lowest BCUT2D eigenvalue weighted by Crippen LogP contribution is -2.27. The number of methoxy groups -OCH3 is 2. The van der Waals surface area contributed by atoms with E-state index in [1.807, 2.05) is 0 Å². The van der Waals surface area contributed by atoms with Gasteiger partial charge in [-0.3, -0.25) is 0 Å². The summed E-state index contributed by atoms with van der Waals surface area (Å²) in [5, 5.41) is -0.369. The van der Waals surface area contributed by atoms with Crippen molar-refractivity contribution in [2.45, 2.75) is 6.18 Å². The van der Waals surface area contributed by atoms with E-state index in [0.717, 1.165) is 14.2 Å². The number of carbonyl (C=O) groups is 2.